The molecule has 1 aliphatic rings. The number of hydrogen-bond donors (Lipinski definition) is 1. The highest BCUT2D eigenvalue weighted by atomic mass is 16.1. The summed E-state index contributed by atoms with van der Waals surface area (Å²) in [5.74, 6) is 0.164. The quantitative estimate of drug-likeness (QED) is 0.862. The van der Waals surface area contributed by atoms with E-state index in [0.717, 1.165) is 6.42 Å². The average Bonchev–Trinajstić information content (AvgIpc) is 2.71. The molecule has 2 nitrogen and oxygen atoms in total. The molecule has 0 heterocycles. The number of nitrogens with two attached hydrogens (primary N) is 1. The molecule has 0 unspecified atom stereocenters. The van der Waals surface area contributed by atoms with Gasteiger partial charge >= 0.3 is 0 Å². The van der Waals surface area contributed by atoms with E-state index in [2.05, 4.69) is 24.3 Å². The Morgan fingerprint density at radius 3 is 2.76 bits per heavy atom. The molecule has 0 saturated carbocycles. The number of benzene rings is 1. The second kappa shape index (κ2) is 4.84. The lowest BCUT2D eigenvalue weighted by Crippen LogP contribution is -2.33. The van der Waals surface area contributed by atoms with Gasteiger partial charge in [0.2, 0.25) is 0 Å². The van der Waals surface area contributed by atoms with Crippen LogP contribution in [0.15, 0.2) is 30.3 Å². The van der Waals surface area contributed by atoms with Crippen LogP contribution in [0.4, 0.5) is 0 Å². The van der Waals surface area contributed by atoms with Gasteiger partial charge in [0.25, 0.3) is 0 Å². The monoisotopic (exact) mass is 229 g/mol. The number of fused-ring (bicyclic) bond motifs is 1. The van der Waals surface area contributed by atoms with E-state index in [1.165, 1.54) is 16.7 Å². The largest absolute Gasteiger partial charge is 0.321 e. The van der Waals surface area contributed by atoms with Crippen LogP contribution in [0.5, 0.6) is 0 Å². The topological polar surface area (TPSA) is 43.1 Å². The summed E-state index contributed by atoms with van der Waals surface area (Å²) < 4.78 is 0. The Balaban J connectivity index is 2.10. The Labute approximate surface area is 103 Å². The first-order valence-corrected chi connectivity index (χ1v) is 6.16. The zero-order chi connectivity index (χ0) is 12.4. The number of carbonyl (C=O) groups excluding carboxylic acids is 1. The van der Waals surface area contributed by atoms with Crippen LogP contribution in [0.1, 0.15) is 31.4 Å². The van der Waals surface area contributed by atoms with Gasteiger partial charge in [0.05, 0.1) is 6.04 Å². The Hall–Kier alpha value is -1.41. The molecule has 1 aromatic rings. The van der Waals surface area contributed by atoms with Crippen LogP contribution in [-0.4, -0.2) is 11.8 Å². The average molecular weight is 229 g/mol. The number of Topliss-reactive ketones (excluding diaryl/α,β-unsaturated/α-hetero) is 1. The Morgan fingerprint density at radius 2 is 2.06 bits per heavy atom. The van der Waals surface area contributed by atoms with Crippen LogP contribution in [0.25, 0.3) is 5.57 Å². The molecule has 0 spiro atoms. The third kappa shape index (κ3) is 2.47. The highest BCUT2D eigenvalue weighted by molar-refractivity contribution is 5.88. The lowest BCUT2D eigenvalue weighted by Gasteiger charge is -2.14. The maximum Gasteiger partial charge on any atom is 0.152 e. The first-order chi connectivity index (χ1) is 8.09. The van der Waals surface area contributed by atoms with E-state index in [9.17, 15) is 4.79 Å². The van der Waals surface area contributed by atoms with Gasteiger partial charge in [-0.15, -0.1) is 0 Å². The summed E-state index contributed by atoms with van der Waals surface area (Å²) in [6.07, 6.45) is 3.82. The van der Waals surface area contributed by atoms with Crippen molar-refractivity contribution < 1.29 is 4.79 Å². The van der Waals surface area contributed by atoms with Gasteiger partial charge in [-0.2, -0.15) is 0 Å². The second-order valence-electron chi connectivity index (χ2n) is 4.96. The predicted molar refractivity (Wildman–Crippen MR) is 70.6 cm³/mol. The number of allylic oxidation sites excluding steroid dienone is 1. The first-order valence-electron chi connectivity index (χ1n) is 6.16. The zero-order valence-electron chi connectivity index (χ0n) is 10.4. The maximum atomic E-state index is 11.8. The standard InChI is InChI=1S/C15H19NO/c1-10(2)15(17)14(16)9-12-8-7-11-5-3-4-6-13(11)12/h3-6,8,10,14H,7,9,16H2,1-2H3/t14-/m0/s1. The highest BCUT2D eigenvalue weighted by Gasteiger charge is 2.21. The molecule has 0 fully saturated rings. The summed E-state index contributed by atoms with van der Waals surface area (Å²) in [4.78, 5) is 11.8. The van der Waals surface area contributed by atoms with Crippen molar-refractivity contribution in [3.8, 4) is 0 Å². The molecule has 0 radical (unpaired) electrons. The Bertz CT molecular complexity index is 460. The van der Waals surface area contributed by atoms with E-state index in [1.807, 2.05) is 19.9 Å². The summed E-state index contributed by atoms with van der Waals surface area (Å²) in [6.45, 7) is 3.80. The van der Waals surface area contributed by atoms with E-state index < -0.39 is 0 Å². The smallest absolute Gasteiger partial charge is 0.152 e. The maximum absolute atomic E-state index is 11.8. The van der Waals surface area contributed by atoms with E-state index in [1.54, 1.807) is 0 Å². The molecule has 2 rings (SSSR count). The minimum Gasteiger partial charge on any atom is -0.321 e. The van der Waals surface area contributed by atoms with Crippen molar-refractivity contribution in [2.45, 2.75) is 32.7 Å². The number of ketones is 1. The van der Waals surface area contributed by atoms with Gasteiger partial charge in [-0.25, -0.2) is 0 Å². The summed E-state index contributed by atoms with van der Waals surface area (Å²) in [5.41, 5.74) is 9.79. The molecule has 0 aliphatic heterocycles. The van der Waals surface area contributed by atoms with Crippen molar-refractivity contribution in [3.63, 3.8) is 0 Å². The van der Waals surface area contributed by atoms with Crippen molar-refractivity contribution in [3.05, 3.63) is 41.5 Å². The molecular weight excluding hydrogens is 210 g/mol. The summed E-state index contributed by atoms with van der Waals surface area (Å²) in [6, 6.07) is 7.96. The molecule has 17 heavy (non-hydrogen) atoms. The predicted octanol–water partition coefficient (Wildman–Crippen LogP) is 2.57. The number of rotatable bonds is 4. The van der Waals surface area contributed by atoms with Gasteiger partial charge < -0.3 is 5.73 Å². The van der Waals surface area contributed by atoms with Crippen LogP contribution < -0.4 is 5.73 Å². The molecule has 0 amide bonds. The van der Waals surface area contributed by atoms with Crippen LogP contribution in [0, 0.1) is 5.92 Å². The van der Waals surface area contributed by atoms with Gasteiger partial charge in [-0.1, -0.05) is 44.2 Å². The normalized spacial score (nSPS) is 15.6. The highest BCUT2D eigenvalue weighted by Crippen LogP contribution is 2.30. The molecule has 90 valence electrons. The Morgan fingerprint density at radius 1 is 1.35 bits per heavy atom. The van der Waals surface area contributed by atoms with Gasteiger partial charge in [0, 0.05) is 5.92 Å². The molecular formula is C15H19NO. The molecule has 2 N–H and O–H groups in total. The summed E-state index contributed by atoms with van der Waals surface area (Å²) in [5, 5.41) is 0. The fourth-order valence-electron chi connectivity index (χ4n) is 2.31. The molecule has 0 aromatic heterocycles. The van der Waals surface area contributed by atoms with E-state index in [0.29, 0.717) is 6.42 Å². The zero-order valence-corrected chi connectivity index (χ0v) is 10.4. The molecule has 1 aromatic carbocycles. The van der Waals surface area contributed by atoms with Gasteiger partial charge in [-0.3, -0.25) is 4.79 Å². The number of carbonyl (C=O) groups is 1. The van der Waals surface area contributed by atoms with Crippen LogP contribution in [-0.2, 0) is 11.2 Å². The lowest BCUT2D eigenvalue weighted by atomic mass is 9.94. The van der Waals surface area contributed by atoms with Crippen molar-refractivity contribution in [1.82, 2.24) is 0 Å². The second-order valence-corrected chi connectivity index (χ2v) is 4.96. The fourth-order valence-corrected chi connectivity index (χ4v) is 2.31. The first kappa shape index (κ1) is 12.1. The minimum absolute atomic E-state index is 0.0160. The van der Waals surface area contributed by atoms with Gasteiger partial charge in [-0.05, 0) is 29.5 Å². The molecule has 0 saturated heterocycles. The van der Waals surface area contributed by atoms with E-state index >= 15 is 0 Å². The van der Waals surface area contributed by atoms with E-state index in [-0.39, 0.29) is 17.7 Å². The molecule has 2 heteroatoms. The van der Waals surface area contributed by atoms with Gasteiger partial charge in [0.1, 0.15) is 0 Å². The van der Waals surface area contributed by atoms with Crippen molar-refractivity contribution in [2.24, 2.45) is 11.7 Å². The fraction of sp³-hybridized carbons (Fsp3) is 0.400. The third-order valence-corrected chi connectivity index (χ3v) is 3.31. The third-order valence-electron chi connectivity index (χ3n) is 3.31. The minimum atomic E-state index is -0.368. The lowest BCUT2D eigenvalue weighted by molar-refractivity contribution is -0.123. The van der Waals surface area contributed by atoms with Crippen molar-refractivity contribution in [1.29, 1.82) is 0 Å². The van der Waals surface area contributed by atoms with E-state index in [4.69, 9.17) is 5.73 Å². The van der Waals surface area contributed by atoms with Crippen LogP contribution in [0.3, 0.4) is 0 Å². The van der Waals surface area contributed by atoms with Crippen molar-refractivity contribution >= 4 is 11.4 Å². The number of hydrogen-bond acceptors (Lipinski definition) is 2. The van der Waals surface area contributed by atoms with Crippen molar-refractivity contribution in [2.75, 3.05) is 0 Å². The molecule has 0 bridgehead atoms. The summed E-state index contributed by atoms with van der Waals surface area (Å²) in [7, 11) is 0. The SMILES string of the molecule is CC(C)C(=O)[C@@H](N)CC1=CCc2ccccc21. The Kier molecular flexibility index (Phi) is 3.43. The molecule has 1 atom stereocenters. The molecule has 1 aliphatic carbocycles. The van der Waals surface area contributed by atoms with Gasteiger partial charge in [0.15, 0.2) is 5.78 Å². The van der Waals surface area contributed by atoms with Crippen LogP contribution >= 0.6 is 0 Å². The summed E-state index contributed by atoms with van der Waals surface area (Å²) >= 11 is 0. The van der Waals surface area contributed by atoms with Crippen LogP contribution in [0.2, 0.25) is 0 Å².